The van der Waals surface area contributed by atoms with Gasteiger partial charge in [-0.1, -0.05) is 6.92 Å². The number of carbonyl (C=O) groups excluding carboxylic acids is 2. The minimum absolute atomic E-state index is 0.0460. The summed E-state index contributed by atoms with van der Waals surface area (Å²) < 4.78 is 0. The third-order valence-corrected chi connectivity index (χ3v) is 2.22. The molecule has 1 atom stereocenters. The molecule has 0 saturated heterocycles. The molecule has 0 heterocycles. The molecule has 0 aromatic heterocycles. The van der Waals surface area contributed by atoms with Crippen LogP contribution in [0.3, 0.4) is 0 Å². The quantitative estimate of drug-likeness (QED) is 0.637. The molecule has 0 spiro atoms. The zero-order chi connectivity index (χ0) is 12.1. The summed E-state index contributed by atoms with van der Waals surface area (Å²) in [6.45, 7) is 1.66. The second kappa shape index (κ2) is 5.48. The molecule has 1 aliphatic carbocycles. The number of amides is 3. The standard InChI is InChI=1S/C10H16N2O4/c1-6(5-9(14)15)4-8(13)12-10(16)11-7-2-3-7/h6-7H,2-5H2,1H3,(H,14,15)(H2,11,12,13,16). The van der Waals surface area contributed by atoms with Crippen molar-refractivity contribution in [2.45, 2.75) is 38.6 Å². The molecule has 1 unspecified atom stereocenters. The van der Waals surface area contributed by atoms with Gasteiger partial charge in [0.05, 0.1) is 0 Å². The molecule has 3 N–H and O–H groups in total. The number of urea groups is 1. The van der Waals surface area contributed by atoms with Crippen molar-refractivity contribution in [1.82, 2.24) is 10.6 Å². The smallest absolute Gasteiger partial charge is 0.321 e. The molecule has 0 aliphatic heterocycles. The highest BCUT2D eigenvalue weighted by molar-refractivity contribution is 5.94. The minimum Gasteiger partial charge on any atom is -0.481 e. The summed E-state index contributed by atoms with van der Waals surface area (Å²) in [5.41, 5.74) is 0. The van der Waals surface area contributed by atoms with E-state index in [-0.39, 0.29) is 24.8 Å². The lowest BCUT2D eigenvalue weighted by molar-refractivity contribution is -0.138. The van der Waals surface area contributed by atoms with E-state index in [0.29, 0.717) is 0 Å². The number of hydrogen-bond donors (Lipinski definition) is 3. The maximum Gasteiger partial charge on any atom is 0.321 e. The molecule has 90 valence electrons. The number of carboxylic acids is 1. The molecule has 0 radical (unpaired) electrons. The van der Waals surface area contributed by atoms with Gasteiger partial charge in [0.25, 0.3) is 0 Å². The molecule has 16 heavy (non-hydrogen) atoms. The van der Waals surface area contributed by atoms with Crippen LogP contribution in [0, 0.1) is 5.92 Å². The fourth-order valence-electron chi connectivity index (χ4n) is 1.31. The topological polar surface area (TPSA) is 95.5 Å². The molecule has 1 saturated carbocycles. The predicted octanol–water partition coefficient (Wildman–Crippen LogP) is 0.475. The summed E-state index contributed by atoms with van der Waals surface area (Å²) in [5, 5.41) is 13.3. The molecule has 0 bridgehead atoms. The van der Waals surface area contributed by atoms with Crippen molar-refractivity contribution in [2.24, 2.45) is 5.92 Å². The number of carboxylic acid groups (broad SMARTS) is 1. The van der Waals surface area contributed by atoms with E-state index < -0.39 is 17.9 Å². The SMILES string of the molecule is CC(CC(=O)O)CC(=O)NC(=O)NC1CC1. The van der Waals surface area contributed by atoms with Crippen molar-refractivity contribution in [2.75, 3.05) is 0 Å². The molecule has 3 amide bonds. The van der Waals surface area contributed by atoms with E-state index in [1.807, 2.05) is 0 Å². The van der Waals surface area contributed by atoms with Crippen molar-refractivity contribution in [3.8, 4) is 0 Å². The number of carbonyl (C=O) groups is 3. The lowest BCUT2D eigenvalue weighted by Crippen LogP contribution is -2.40. The third-order valence-electron chi connectivity index (χ3n) is 2.22. The van der Waals surface area contributed by atoms with Gasteiger partial charge < -0.3 is 10.4 Å². The van der Waals surface area contributed by atoms with Crippen LogP contribution in [0.5, 0.6) is 0 Å². The van der Waals surface area contributed by atoms with Crippen LogP contribution in [-0.2, 0) is 9.59 Å². The maximum absolute atomic E-state index is 11.3. The van der Waals surface area contributed by atoms with Gasteiger partial charge in [-0.05, 0) is 18.8 Å². The molecule has 0 aromatic rings. The molecule has 0 aromatic carbocycles. The first-order valence-electron chi connectivity index (χ1n) is 5.29. The molecular weight excluding hydrogens is 212 g/mol. The van der Waals surface area contributed by atoms with Gasteiger partial charge in [0.1, 0.15) is 0 Å². The Kier molecular flexibility index (Phi) is 4.28. The van der Waals surface area contributed by atoms with Crippen LogP contribution in [-0.4, -0.2) is 29.1 Å². The zero-order valence-corrected chi connectivity index (χ0v) is 9.16. The van der Waals surface area contributed by atoms with Gasteiger partial charge in [-0.2, -0.15) is 0 Å². The van der Waals surface area contributed by atoms with E-state index in [2.05, 4.69) is 10.6 Å². The van der Waals surface area contributed by atoms with Crippen molar-refractivity contribution in [1.29, 1.82) is 0 Å². The maximum atomic E-state index is 11.3. The van der Waals surface area contributed by atoms with E-state index in [1.54, 1.807) is 6.92 Å². The number of hydrogen-bond acceptors (Lipinski definition) is 3. The van der Waals surface area contributed by atoms with E-state index in [1.165, 1.54) is 0 Å². The lowest BCUT2D eigenvalue weighted by Gasteiger charge is -2.09. The Morgan fingerprint density at radius 3 is 2.44 bits per heavy atom. The normalized spacial score (nSPS) is 16.3. The van der Waals surface area contributed by atoms with E-state index in [0.717, 1.165) is 12.8 Å². The Hall–Kier alpha value is -1.59. The minimum atomic E-state index is -0.942. The molecular formula is C10H16N2O4. The molecule has 1 rings (SSSR count). The Labute approximate surface area is 93.4 Å². The van der Waals surface area contributed by atoms with Crippen LogP contribution < -0.4 is 10.6 Å². The van der Waals surface area contributed by atoms with E-state index in [9.17, 15) is 14.4 Å². The van der Waals surface area contributed by atoms with Crippen LogP contribution >= 0.6 is 0 Å². The number of aliphatic carboxylic acids is 1. The van der Waals surface area contributed by atoms with Gasteiger partial charge in [0.2, 0.25) is 5.91 Å². The number of nitrogens with one attached hydrogen (secondary N) is 2. The number of rotatable bonds is 5. The summed E-state index contributed by atoms with van der Waals surface area (Å²) in [7, 11) is 0. The molecule has 6 nitrogen and oxygen atoms in total. The first-order valence-corrected chi connectivity index (χ1v) is 5.29. The lowest BCUT2D eigenvalue weighted by atomic mass is 10.0. The summed E-state index contributed by atoms with van der Waals surface area (Å²) in [6, 6.07) is -0.292. The van der Waals surface area contributed by atoms with Gasteiger partial charge in [-0.3, -0.25) is 14.9 Å². The first-order chi connectivity index (χ1) is 7.47. The Morgan fingerprint density at radius 2 is 1.94 bits per heavy atom. The van der Waals surface area contributed by atoms with Crippen LogP contribution in [0.4, 0.5) is 4.79 Å². The van der Waals surface area contributed by atoms with Gasteiger partial charge in [-0.25, -0.2) is 4.79 Å². The average molecular weight is 228 g/mol. The summed E-state index contributed by atoms with van der Waals surface area (Å²) in [6.07, 6.45) is 1.89. The average Bonchev–Trinajstić information content (AvgIpc) is 2.84. The molecule has 6 heteroatoms. The highest BCUT2D eigenvalue weighted by Gasteiger charge is 2.24. The largest absolute Gasteiger partial charge is 0.481 e. The summed E-state index contributed by atoms with van der Waals surface area (Å²) >= 11 is 0. The van der Waals surface area contributed by atoms with Gasteiger partial charge >= 0.3 is 12.0 Å². The van der Waals surface area contributed by atoms with Crippen molar-refractivity contribution < 1.29 is 19.5 Å². The van der Waals surface area contributed by atoms with Crippen LogP contribution in [0.25, 0.3) is 0 Å². The monoisotopic (exact) mass is 228 g/mol. The summed E-state index contributed by atoms with van der Waals surface area (Å²) in [4.78, 5) is 32.8. The van der Waals surface area contributed by atoms with Crippen molar-refractivity contribution >= 4 is 17.9 Å². The van der Waals surface area contributed by atoms with E-state index >= 15 is 0 Å². The fourth-order valence-corrected chi connectivity index (χ4v) is 1.31. The Bertz CT molecular complexity index is 299. The number of imide groups is 1. The zero-order valence-electron chi connectivity index (χ0n) is 9.16. The van der Waals surface area contributed by atoms with Gasteiger partial charge in [-0.15, -0.1) is 0 Å². The van der Waals surface area contributed by atoms with Crippen LogP contribution in [0.1, 0.15) is 32.6 Å². The summed E-state index contributed by atoms with van der Waals surface area (Å²) in [5.74, 6) is -1.65. The van der Waals surface area contributed by atoms with Crippen molar-refractivity contribution in [3.63, 3.8) is 0 Å². The second-order valence-corrected chi connectivity index (χ2v) is 4.20. The van der Waals surface area contributed by atoms with E-state index in [4.69, 9.17) is 5.11 Å². The predicted molar refractivity (Wildman–Crippen MR) is 55.7 cm³/mol. The van der Waals surface area contributed by atoms with Gasteiger partial charge in [0.15, 0.2) is 0 Å². The van der Waals surface area contributed by atoms with Crippen molar-refractivity contribution in [3.05, 3.63) is 0 Å². The highest BCUT2D eigenvalue weighted by Crippen LogP contribution is 2.18. The van der Waals surface area contributed by atoms with Crippen LogP contribution in [0.15, 0.2) is 0 Å². The first kappa shape index (κ1) is 12.5. The highest BCUT2D eigenvalue weighted by atomic mass is 16.4. The van der Waals surface area contributed by atoms with Crippen LogP contribution in [0.2, 0.25) is 0 Å². The van der Waals surface area contributed by atoms with Gasteiger partial charge in [0, 0.05) is 18.9 Å². The fraction of sp³-hybridized carbons (Fsp3) is 0.700. The molecule has 1 fully saturated rings. The molecule has 1 aliphatic rings. The second-order valence-electron chi connectivity index (χ2n) is 4.20. The third kappa shape index (κ3) is 5.33. The Morgan fingerprint density at radius 1 is 1.31 bits per heavy atom. The Balaban J connectivity index is 2.18.